The lowest BCUT2D eigenvalue weighted by molar-refractivity contribution is -0.384. The van der Waals surface area contributed by atoms with E-state index in [1.165, 1.54) is 36.6 Å². The predicted octanol–water partition coefficient (Wildman–Crippen LogP) is 3.89. The number of carbonyl (C=O) groups excluding carboxylic acids is 2. The highest BCUT2D eigenvalue weighted by Crippen LogP contribution is 2.41. The quantitative estimate of drug-likeness (QED) is 0.285. The number of anilines is 1. The molecule has 0 N–H and O–H groups in total. The first-order valence-corrected chi connectivity index (χ1v) is 13.0. The Kier molecular flexibility index (Phi) is 8.75. The molecule has 0 bridgehead atoms. The van der Waals surface area contributed by atoms with Gasteiger partial charge < -0.3 is 14.4 Å². The van der Waals surface area contributed by atoms with Gasteiger partial charge in [-0.3, -0.25) is 24.8 Å². The molecule has 0 amide bonds. The van der Waals surface area contributed by atoms with Crippen LogP contribution in [0.3, 0.4) is 0 Å². The minimum absolute atomic E-state index is 0.133. The van der Waals surface area contributed by atoms with Crippen LogP contribution in [-0.2, 0) is 19.1 Å². The Hall–Kier alpha value is -4.05. The van der Waals surface area contributed by atoms with Gasteiger partial charge in [-0.2, -0.15) is 0 Å². The molecule has 1 fully saturated rings. The van der Waals surface area contributed by atoms with Crippen LogP contribution in [0.1, 0.15) is 30.9 Å². The highest BCUT2D eigenvalue weighted by Gasteiger charge is 2.42. The van der Waals surface area contributed by atoms with Crippen molar-refractivity contribution in [2.24, 2.45) is 10.9 Å². The zero-order valence-electron chi connectivity index (χ0n) is 22.8. The molecule has 0 aliphatic carbocycles. The van der Waals surface area contributed by atoms with Crippen molar-refractivity contribution in [1.29, 1.82) is 0 Å². The summed E-state index contributed by atoms with van der Waals surface area (Å²) in [6.07, 6.45) is 0. The van der Waals surface area contributed by atoms with Crippen LogP contribution < -0.4 is 4.90 Å². The van der Waals surface area contributed by atoms with Gasteiger partial charge in [-0.25, -0.2) is 4.79 Å². The number of para-hydroxylation sites is 1. The Morgan fingerprint density at radius 1 is 1.05 bits per heavy atom. The molecule has 2 heterocycles. The van der Waals surface area contributed by atoms with Crippen molar-refractivity contribution in [1.82, 2.24) is 4.90 Å². The Bertz CT molecular complexity index is 1310. The zero-order valence-corrected chi connectivity index (χ0v) is 22.8. The number of nitro groups is 1. The number of allylic oxidation sites excluding steroid dienone is 1. The second-order valence-electron chi connectivity index (χ2n) is 9.83. The third-order valence-corrected chi connectivity index (χ3v) is 7.41. The monoisotopic (exact) mass is 534 g/mol. The first-order valence-electron chi connectivity index (χ1n) is 13.0. The second-order valence-corrected chi connectivity index (χ2v) is 9.83. The molecule has 2 aromatic rings. The predicted molar refractivity (Wildman–Crippen MR) is 148 cm³/mol. The maximum atomic E-state index is 13.4. The number of methoxy groups -OCH3 is 1. The van der Waals surface area contributed by atoms with E-state index >= 15 is 0 Å². The molecular formula is C29H34N4O6. The molecule has 1 saturated heterocycles. The van der Waals surface area contributed by atoms with Crippen molar-refractivity contribution >= 4 is 29.0 Å². The molecule has 0 saturated carbocycles. The van der Waals surface area contributed by atoms with Gasteiger partial charge in [0.2, 0.25) is 0 Å². The minimum Gasteiger partial charge on any atom is -0.468 e. The minimum atomic E-state index is -0.905. The van der Waals surface area contributed by atoms with Gasteiger partial charge in [0.05, 0.1) is 17.6 Å². The standard InChI is InChI=1S/C29H34N4O6/c1-19-8-5-6-11-24(19)32-14-12-31(13-15-32)16-17-39-29(35)26-21(3)30-20(2)25(28(34)38-4)27(26)22-9-7-10-23(18-22)33(36)37/h5-11,18,25,27H,12-17H2,1-4H3. The molecule has 2 atom stereocenters. The van der Waals surface area contributed by atoms with Crippen molar-refractivity contribution in [3.05, 3.63) is 81.0 Å². The largest absolute Gasteiger partial charge is 0.468 e. The number of nitrogens with zero attached hydrogens (tertiary/aromatic N) is 4. The number of piperazine rings is 1. The third-order valence-electron chi connectivity index (χ3n) is 7.41. The lowest BCUT2D eigenvalue weighted by Crippen LogP contribution is -2.47. The molecule has 10 heteroatoms. The molecule has 2 aliphatic rings. The topological polar surface area (TPSA) is 115 Å². The van der Waals surface area contributed by atoms with Gasteiger partial charge in [-0.05, 0) is 38.0 Å². The number of ether oxygens (including phenoxy) is 2. The van der Waals surface area contributed by atoms with Crippen LogP contribution >= 0.6 is 0 Å². The molecule has 4 rings (SSSR count). The summed E-state index contributed by atoms with van der Waals surface area (Å²) >= 11 is 0. The molecule has 2 aromatic carbocycles. The first kappa shape index (κ1) is 28.0. The molecule has 0 spiro atoms. The Labute approximate surface area is 228 Å². The molecule has 206 valence electrons. The summed E-state index contributed by atoms with van der Waals surface area (Å²) in [5.41, 5.74) is 3.91. The van der Waals surface area contributed by atoms with Gasteiger partial charge in [0.1, 0.15) is 12.5 Å². The van der Waals surface area contributed by atoms with Gasteiger partial charge in [0.25, 0.3) is 5.69 Å². The summed E-state index contributed by atoms with van der Waals surface area (Å²) in [4.78, 5) is 46.2. The number of nitro benzene ring substituents is 1. The van der Waals surface area contributed by atoms with E-state index in [0.717, 1.165) is 26.2 Å². The molecule has 0 radical (unpaired) electrons. The highest BCUT2D eigenvalue weighted by atomic mass is 16.6. The highest BCUT2D eigenvalue weighted by molar-refractivity contribution is 6.07. The van der Waals surface area contributed by atoms with Crippen LogP contribution in [-0.4, -0.2) is 73.9 Å². The number of aliphatic imine (C=N–C) groups is 1. The van der Waals surface area contributed by atoms with Crippen molar-refractivity contribution in [3.63, 3.8) is 0 Å². The van der Waals surface area contributed by atoms with Crippen LogP contribution in [0, 0.1) is 23.0 Å². The molecule has 2 unspecified atom stereocenters. The van der Waals surface area contributed by atoms with Crippen LogP contribution in [0.15, 0.2) is 64.8 Å². The molecular weight excluding hydrogens is 500 g/mol. The molecule has 2 aliphatic heterocycles. The first-order chi connectivity index (χ1) is 18.7. The summed E-state index contributed by atoms with van der Waals surface area (Å²) < 4.78 is 10.7. The number of benzene rings is 2. The second kappa shape index (κ2) is 12.2. The summed E-state index contributed by atoms with van der Waals surface area (Å²) in [5.74, 6) is -2.89. The number of hydrogen-bond donors (Lipinski definition) is 0. The normalized spacial score (nSPS) is 19.9. The third kappa shape index (κ3) is 6.17. The van der Waals surface area contributed by atoms with Gasteiger partial charge in [-0.15, -0.1) is 0 Å². The van der Waals surface area contributed by atoms with Gasteiger partial charge >= 0.3 is 11.9 Å². The average molecular weight is 535 g/mol. The molecule has 10 nitrogen and oxygen atoms in total. The van der Waals surface area contributed by atoms with Gasteiger partial charge in [0.15, 0.2) is 0 Å². The number of carbonyl (C=O) groups is 2. The fourth-order valence-corrected chi connectivity index (χ4v) is 5.40. The van der Waals surface area contributed by atoms with E-state index in [9.17, 15) is 19.7 Å². The van der Waals surface area contributed by atoms with Crippen LogP contribution in [0.4, 0.5) is 11.4 Å². The van der Waals surface area contributed by atoms with E-state index in [2.05, 4.69) is 33.8 Å². The smallest absolute Gasteiger partial charge is 0.336 e. The summed E-state index contributed by atoms with van der Waals surface area (Å²) in [6.45, 7) is 9.68. The number of non-ortho nitro benzene ring substituents is 1. The van der Waals surface area contributed by atoms with E-state index in [-0.39, 0.29) is 17.9 Å². The van der Waals surface area contributed by atoms with Crippen molar-refractivity contribution in [3.8, 4) is 0 Å². The Morgan fingerprint density at radius 2 is 1.77 bits per heavy atom. The molecule has 39 heavy (non-hydrogen) atoms. The maximum Gasteiger partial charge on any atom is 0.336 e. The van der Waals surface area contributed by atoms with Crippen LogP contribution in [0.5, 0.6) is 0 Å². The van der Waals surface area contributed by atoms with E-state index in [0.29, 0.717) is 23.5 Å². The fraction of sp³-hybridized carbons (Fsp3) is 0.414. The summed E-state index contributed by atoms with van der Waals surface area (Å²) in [5, 5.41) is 11.4. The number of hydrogen-bond acceptors (Lipinski definition) is 9. The van der Waals surface area contributed by atoms with Crippen molar-refractivity contribution in [2.45, 2.75) is 26.7 Å². The van der Waals surface area contributed by atoms with Crippen molar-refractivity contribution in [2.75, 3.05) is 51.3 Å². The fourth-order valence-electron chi connectivity index (χ4n) is 5.40. The Balaban J connectivity index is 1.46. The van der Waals surface area contributed by atoms with Crippen molar-refractivity contribution < 1.29 is 24.0 Å². The lowest BCUT2D eigenvalue weighted by Gasteiger charge is -2.36. The van der Waals surface area contributed by atoms with E-state index < -0.39 is 28.7 Å². The SMILES string of the molecule is COC(=O)C1C(C)=NC(C)=C(C(=O)OCCN2CCN(c3ccccc3C)CC2)C1c1cccc([N+](=O)[O-])c1. The number of esters is 2. The summed E-state index contributed by atoms with van der Waals surface area (Å²) in [6, 6.07) is 14.3. The summed E-state index contributed by atoms with van der Waals surface area (Å²) in [7, 11) is 1.27. The zero-order chi connectivity index (χ0) is 28.1. The van der Waals surface area contributed by atoms with Crippen LogP contribution in [0.25, 0.3) is 0 Å². The maximum absolute atomic E-state index is 13.4. The van der Waals surface area contributed by atoms with Crippen LogP contribution in [0.2, 0.25) is 0 Å². The number of aryl methyl sites for hydroxylation is 1. The van der Waals surface area contributed by atoms with Gasteiger partial charge in [-0.1, -0.05) is 30.3 Å². The lowest BCUT2D eigenvalue weighted by atomic mass is 9.75. The van der Waals surface area contributed by atoms with E-state index in [1.807, 2.05) is 12.1 Å². The van der Waals surface area contributed by atoms with Gasteiger partial charge in [0, 0.05) is 67.9 Å². The van der Waals surface area contributed by atoms with E-state index in [4.69, 9.17) is 9.47 Å². The molecule has 0 aromatic heterocycles. The number of rotatable bonds is 8. The van der Waals surface area contributed by atoms with E-state index in [1.54, 1.807) is 19.9 Å². The average Bonchev–Trinajstić information content (AvgIpc) is 2.93. The Morgan fingerprint density at radius 3 is 2.44 bits per heavy atom.